The van der Waals surface area contributed by atoms with E-state index in [1.807, 2.05) is 43.3 Å². The van der Waals surface area contributed by atoms with Gasteiger partial charge < -0.3 is 5.73 Å². The second-order valence-corrected chi connectivity index (χ2v) is 5.97. The Balaban J connectivity index is 2.17. The van der Waals surface area contributed by atoms with E-state index in [0.717, 1.165) is 21.3 Å². The maximum atomic E-state index is 6.29. The molecule has 0 aliphatic rings. The van der Waals surface area contributed by atoms with E-state index in [1.165, 1.54) is 0 Å². The molecule has 0 fully saturated rings. The molecule has 0 saturated carbocycles. The quantitative estimate of drug-likeness (QED) is 0.705. The molecule has 5 nitrogen and oxygen atoms in total. The first kappa shape index (κ1) is 14.0. The zero-order valence-corrected chi connectivity index (χ0v) is 13.4. The second-order valence-electron chi connectivity index (χ2n) is 4.64. The van der Waals surface area contributed by atoms with Crippen molar-refractivity contribution in [2.45, 2.75) is 6.92 Å². The van der Waals surface area contributed by atoms with Crippen LogP contribution in [0.3, 0.4) is 0 Å². The number of benzene rings is 2. The highest BCUT2D eigenvalue weighted by Gasteiger charge is 2.14. The molecule has 21 heavy (non-hydrogen) atoms. The highest BCUT2D eigenvalue weighted by molar-refractivity contribution is 9.10. The van der Waals surface area contributed by atoms with Gasteiger partial charge in [0.1, 0.15) is 0 Å². The minimum atomic E-state index is 0.578. The van der Waals surface area contributed by atoms with Crippen LogP contribution in [0, 0.1) is 6.92 Å². The number of aryl methyl sites for hydroxylation is 1. The normalized spacial score (nSPS) is 10.8. The highest BCUT2D eigenvalue weighted by atomic mass is 79.9. The third-order valence-corrected chi connectivity index (χ3v) is 3.74. The third-order valence-electron chi connectivity index (χ3n) is 2.98. The van der Waals surface area contributed by atoms with Crippen LogP contribution in [0.2, 0.25) is 5.02 Å². The van der Waals surface area contributed by atoms with E-state index in [4.69, 9.17) is 17.3 Å². The molecule has 0 atom stereocenters. The van der Waals surface area contributed by atoms with Crippen molar-refractivity contribution in [2.24, 2.45) is 0 Å². The minimum absolute atomic E-state index is 0.578. The van der Waals surface area contributed by atoms with Gasteiger partial charge in [0.15, 0.2) is 5.82 Å². The largest absolute Gasteiger partial charge is 0.399 e. The summed E-state index contributed by atoms with van der Waals surface area (Å²) in [6.45, 7) is 1.98. The lowest BCUT2D eigenvalue weighted by molar-refractivity contribution is 0.791. The van der Waals surface area contributed by atoms with Crippen LogP contribution in [-0.4, -0.2) is 20.2 Å². The van der Waals surface area contributed by atoms with Crippen LogP contribution in [-0.2, 0) is 0 Å². The number of tetrazole rings is 1. The van der Waals surface area contributed by atoms with E-state index < -0.39 is 0 Å². The molecule has 0 spiro atoms. The molecule has 0 unspecified atom stereocenters. The number of nitrogen functional groups attached to an aromatic ring is 1. The molecule has 0 amide bonds. The Bertz CT molecular complexity index is 795. The van der Waals surface area contributed by atoms with Gasteiger partial charge in [0.25, 0.3) is 0 Å². The van der Waals surface area contributed by atoms with Crippen molar-refractivity contribution in [1.82, 2.24) is 20.2 Å². The van der Waals surface area contributed by atoms with E-state index >= 15 is 0 Å². The van der Waals surface area contributed by atoms with Crippen molar-refractivity contribution in [2.75, 3.05) is 5.73 Å². The first-order chi connectivity index (χ1) is 10.0. The standard InChI is InChI=1S/C14H11BrClN5/c1-8-2-3-13(12(16)4-8)21-14(18-19-20-21)9-5-10(15)7-11(17)6-9/h2-7H,17H2,1H3. The Morgan fingerprint density at radius 1 is 1.19 bits per heavy atom. The Kier molecular flexibility index (Phi) is 3.65. The van der Waals surface area contributed by atoms with Crippen molar-refractivity contribution >= 4 is 33.2 Å². The van der Waals surface area contributed by atoms with Crippen molar-refractivity contribution in [3.63, 3.8) is 0 Å². The average Bonchev–Trinajstić information content (AvgIpc) is 2.86. The van der Waals surface area contributed by atoms with Gasteiger partial charge in [-0.2, -0.15) is 4.68 Å². The zero-order valence-electron chi connectivity index (χ0n) is 11.1. The molecular weight excluding hydrogens is 354 g/mol. The van der Waals surface area contributed by atoms with E-state index in [1.54, 1.807) is 4.68 Å². The van der Waals surface area contributed by atoms with Crippen molar-refractivity contribution in [3.8, 4) is 17.1 Å². The SMILES string of the molecule is Cc1ccc(-n2nnnc2-c2cc(N)cc(Br)c2)c(Cl)c1. The summed E-state index contributed by atoms with van der Waals surface area (Å²) >= 11 is 9.71. The summed E-state index contributed by atoms with van der Waals surface area (Å²) in [5.74, 6) is 0.578. The van der Waals surface area contributed by atoms with Gasteiger partial charge in [0.05, 0.1) is 10.7 Å². The molecule has 2 aromatic carbocycles. The molecule has 3 rings (SSSR count). The van der Waals surface area contributed by atoms with E-state index in [2.05, 4.69) is 31.5 Å². The van der Waals surface area contributed by atoms with E-state index in [0.29, 0.717) is 16.5 Å². The lowest BCUT2D eigenvalue weighted by Crippen LogP contribution is -2.01. The maximum Gasteiger partial charge on any atom is 0.187 e. The molecule has 0 saturated heterocycles. The van der Waals surface area contributed by atoms with Crippen LogP contribution in [0.25, 0.3) is 17.1 Å². The van der Waals surface area contributed by atoms with Gasteiger partial charge in [-0.3, -0.25) is 0 Å². The van der Waals surface area contributed by atoms with Crippen LogP contribution in [0.4, 0.5) is 5.69 Å². The van der Waals surface area contributed by atoms with Crippen LogP contribution in [0.1, 0.15) is 5.56 Å². The van der Waals surface area contributed by atoms with E-state index in [-0.39, 0.29) is 0 Å². The predicted molar refractivity (Wildman–Crippen MR) is 86.4 cm³/mol. The Labute approximate surface area is 134 Å². The van der Waals surface area contributed by atoms with Crippen molar-refractivity contribution < 1.29 is 0 Å². The molecule has 1 aromatic heterocycles. The summed E-state index contributed by atoms with van der Waals surface area (Å²) in [4.78, 5) is 0. The molecule has 3 aromatic rings. The number of hydrogen-bond acceptors (Lipinski definition) is 4. The molecule has 2 N–H and O–H groups in total. The highest BCUT2D eigenvalue weighted by Crippen LogP contribution is 2.28. The first-order valence-corrected chi connectivity index (χ1v) is 7.33. The van der Waals surface area contributed by atoms with E-state index in [9.17, 15) is 0 Å². The fourth-order valence-corrected chi connectivity index (χ4v) is 2.88. The minimum Gasteiger partial charge on any atom is -0.399 e. The summed E-state index contributed by atoms with van der Waals surface area (Å²) < 4.78 is 2.46. The molecule has 1 heterocycles. The summed E-state index contributed by atoms with van der Waals surface area (Å²) in [6, 6.07) is 11.3. The lowest BCUT2D eigenvalue weighted by atomic mass is 10.2. The molecule has 0 bridgehead atoms. The van der Waals surface area contributed by atoms with Crippen molar-refractivity contribution in [1.29, 1.82) is 0 Å². The monoisotopic (exact) mass is 363 g/mol. The smallest absolute Gasteiger partial charge is 0.187 e. The summed E-state index contributed by atoms with van der Waals surface area (Å²) in [5.41, 5.74) is 9.10. The van der Waals surface area contributed by atoms with Gasteiger partial charge in [-0.25, -0.2) is 0 Å². The third kappa shape index (κ3) is 2.77. The molecule has 0 radical (unpaired) electrons. The predicted octanol–water partition coefficient (Wildman–Crippen LogP) is 3.64. The summed E-state index contributed by atoms with van der Waals surface area (Å²) in [5, 5.41) is 12.4. The molecular formula is C14H11BrClN5. The lowest BCUT2D eigenvalue weighted by Gasteiger charge is -2.08. The van der Waals surface area contributed by atoms with Gasteiger partial charge in [0.2, 0.25) is 0 Å². The van der Waals surface area contributed by atoms with Crippen LogP contribution < -0.4 is 5.73 Å². The van der Waals surface area contributed by atoms with Gasteiger partial charge in [-0.1, -0.05) is 33.6 Å². The second kappa shape index (κ2) is 5.46. The van der Waals surface area contributed by atoms with Crippen molar-refractivity contribution in [3.05, 3.63) is 51.5 Å². The van der Waals surface area contributed by atoms with Gasteiger partial charge in [-0.15, -0.1) is 5.10 Å². The Hall–Kier alpha value is -1.92. The molecule has 0 aliphatic carbocycles. The molecule has 7 heteroatoms. The van der Waals surface area contributed by atoms with Crippen LogP contribution in [0.15, 0.2) is 40.9 Å². The number of hydrogen-bond donors (Lipinski definition) is 1. The molecule has 106 valence electrons. The summed E-state index contributed by atoms with van der Waals surface area (Å²) in [6.07, 6.45) is 0. The molecule has 0 aliphatic heterocycles. The topological polar surface area (TPSA) is 69.6 Å². The number of halogens is 2. The van der Waals surface area contributed by atoms with Gasteiger partial charge >= 0.3 is 0 Å². The van der Waals surface area contributed by atoms with Crippen LogP contribution in [0.5, 0.6) is 0 Å². The summed E-state index contributed by atoms with van der Waals surface area (Å²) in [7, 11) is 0. The number of rotatable bonds is 2. The fourth-order valence-electron chi connectivity index (χ4n) is 2.05. The van der Waals surface area contributed by atoms with Crippen LogP contribution >= 0.6 is 27.5 Å². The average molecular weight is 365 g/mol. The number of nitrogens with zero attached hydrogens (tertiary/aromatic N) is 4. The maximum absolute atomic E-state index is 6.29. The first-order valence-electron chi connectivity index (χ1n) is 6.16. The number of aromatic nitrogens is 4. The Morgan fingerprint density at radius 3 is 2.71 bits per heavy atom. The van der Waals surface area contributed by atoms with Gasteiger partial charge in [0, 0.05) is 15.7 Å². The number of anilines is 1. The van der Waals surface area contributed by atoms with Gasteiger partial charge in [-0.05, 0) is 53.2 Å². The fraction of sp³-hybridized carbons (Fsp3) is 0.0714. The zero-order chi connectivity index (χ0) is 15.0. The Morgan fingerprint density at radius 2 is 2.00 bits per heavy atom. The number of nitrogens with two attached hydrogens (primary N) is 1.